The van der Waals surface area contributed by atoms with Crippen molar-refractivity contribution in [1.82, 2.24) is 0 Å². The summed E-state index contributed by atoms with van der Waals surface area (Å²) in [7, 11) is -4.36. The highest BCUT2D eigenvalue weighted by Gasteiger charge is 2.19. The zero-order valence-corrected chi connectivity index (χ0v) is 12.4. The fourth-order valence-corrected chi connectivity index (χ4v) is 2.84. The van der Waals surface area contributed by atoms with Crippen molar-refractivity contribution in [3.63, 3.8) is 0 Å². The lowest BCUT2D eigenvalue weighted by Crippen LogP contribution is -2.09. The number of hydrogen-bond donors (Lipinski definition) is 2. The van der Waals surface area contributed by atoms with Crippen LogP contribution in [-0.4, -0.2) is 18.9 Å². The van der Waals surface area contributed by atoms with Crippen LogP contribution in [0.1, 0.15) is 12.5 Å². The van der Waals surface area contributed by atoms with Gasteiger partial charge in [0.25, 0.3) is 10.1 Å². The van der Waals surface area contributed by atoms with Crippen LogP contribution in [0.25, 0.3) is 11.1 Å². The minimum Gasteiger partial charge on any atom is -0.326 e. The van der Waals surface area contributed by atoms with Gasteiger partial charge in [0.1, 0.15) is 4.90 Å². The molecule has 0 saturated heterocycles. The van der Waals surface area contributed by atoms with Crippen LogP contribution in [0.4, 0.5) is 5.69 Å². The molecule has 0 aliphatic rings. The van der Waals surface area contributed by atoms with Crippen molar-refractivity contribution in [2.45, 2.75) is 18.7 Å². The smallest absolute Gasteiger partial charge is 0.295 e. The Balaban J connectivity index is 2.73. The molecule has 0 spiro atoms. The standard InChI is InChI=1S/C15H15NO4S/c1-10-8-15(21(18,19)20)13(9-14(10)16-11(2)17)12-6-4-3-5-7-12/h3-9H,1-2H3,(H,16,17)(H,18,19,20). The second-order valence-corrected chi connectivity index (χ2v) is 6.08. The van der Waals surface area contributed by atoms with Crippen molar-refractivity contribution in [2.24, 2.45) is 0 Å². The van der Waals surface area contributed by atoms with Gasteiger partial charge in [-0.2, -0.15) is 8.42 Å². The summed E-state index contributed by atoms with van der Waals surface area (Å²) in [6.07, 6.45) is 0. The summed E-state index contributed by atoms with van der Waals surface area (Å²) in [5.74, 6) is -0.253. The normalized spacial score (nSPS) is 11.2. The van der Waals surface area contributed by atoms with Crippen molar-refractivity contribution in [3.8, 4) is 11.1 Å². The average Bonchev–Trinajstić information content (AvgIpc) is 2.40. The molecule has 2 aromatic rings. The van der Waals surface area contributed by atoms with E-state index in [1.807, 2.05) is 0 Å². The van der Waals surface area contributed by atoms with Crippen LogP contribution in [0.2, 0.25) is 0 Å². The number of carbonyl (C=O) groups excluding carboxylic acids is 1. The summed E-state index contributed by atoms with van der Waals surface area (Å²) in [6, 6.07) is 11.7. The lowest BCUT2D eigenvalue weighted by molar-refractivity contribution is -0.114. The predicted octanol–water partition coefficient (Wildman–Crippen LogP) is 2.87. The number of carbonyl (C=O) groups is 1. The van der Waals surface area contributed by atoms with Crippen LogP contribution in [0, 0.1) is 6.92 Å². The second kappa shape index (κ2) is 5.67. The molecular formula is C15H15NO4S. The minimum absolute atomic E-state index is 0.180. The van der Waals surface area contributed by atoms with Crippen LogP contribution < -0.4 is 5.32 Å². The lowest BCUT2D eigenvalue weighted by atomic mass is 10.0. The molecule has 21 heavy (non-hydrogen) atoms. The Morgan fingerprint density at radius 2 is 1.76 bits per heavy atom. The van der Waals surface area contributed by atoms with E-state index in [-0.39, 0.29) is 10.8 Å². The highest BCUT2D eigenvalue weighted by Crippen LogP contribution is 2.32. The molecule has 6 heteroatoms. The summed E-state index contributed by atoms with van der Waals surface area (Å²) in [4.78, 5) is 11.0. The van der Waals surface area contributed by atoms with Gasteiger partial charge in [0, 0.05) is 18.2 Å². The second-order valence-electron chi connectivity index (χ2n) is 4.69. The predicted molar refractivity (Wildman–Crippen MR) is 80.7 cm³/mol. The van der Waals surface area contributed by atoms with Gasteiger partial charge in [-0.25, -0.2) is 0 Å². The van der Waals surface area contributed by atoms with Crippen LogP contribution in [0.5, 0.6) is 0 Å². The number of hydrogen-bond acceptors (Lipinski definition) is 3. The monoisotopic (exact) mass is 305 g/mol. The summed E-state index contributed by atoms with van der Waals surface area (Å²) >= 11 is 0. The third-order valence-corrected chi connectivity index (χ3v) is 3.89. The first kappa shape index (κ1) is 15.2. The highest BCUT2D eigenvalue weighted by atomic mass is 32.2. The first-order valence-corrected chi connectivity index (χ1v) is 7.68. The molecule has 0 bridgehead atoms. The number of anilines is 1. The molecule has 0 unspecified atom stereocenters. The Morgan fingerprint density at radius 1 is 1.14 bits per heavy atom. The molecule has 0 aliphatic heterocycles. The highest BCUT2D eigenvalue weighted by molar-refractivity contribution is 7.86. The molecule has 5 nitrogen and oxygen atoms in total. The van der Waals surface area contributed by atoms with E-state index in [0.29, 0.717) is 22.4 Å². The topological polar surface area (TPSA) is 83.5 Å². The van der Waals surface area contributed by atoms with Crippen molar-refractivity contribution in [3.05, 3.63) is 48.0 Å². The number of rotatable bonds is 3. The third-order valence-electron chi connectivity index (χ3n) is 3.00. The van der Waals surface area contributed by atoms with Crippen LogP contribution >= 0.6 is 0 Å². The van der Waals surface area contributed by atoms with Crippen molar-refractivity contribution < 1.29 is 17.8 Å². The van der Waals surface area contributed by atoms with Gasteiger partial charge in [-0.15, -0.1) is 0 Å². The van der Waals surface area contributed by atoms with Crippen molar-refractivity contribution in [2.75, 3.05) is 5.32 Å². The molecule has 1 amide bonds. The number of nitrogens with one attached hydrogen (secondary N) is 1. The molecule has 110 valence electrons. The van der Waals surface area contributed by atoms with E-state index in [1.54, 1.807) is 43.3 Å². The quantitative estimate of drug-likeness (QED) is 0.854. The van der Waals surface area contributed by atoms with E-state index >= 15 is 0 Å². The Morgan fingerprint density at radius 3 is 2.29 bits per heavy atom. The molecular weight excluding hydrogens is 290 g/mol. The number of amides is 1. The molecule has 0 heterocycles. The van der Waals surface area contributed by atoms with Crippen LogP contribution in [0.15, 0.2) is 47.4 Å². The summed E-state index contributed by atoms with van der Waals surface area (Å²) < 4.78 is 32.6. The van der Waals surface area contributed by atoms with Gasteiger partial charge in [-0.05, 0) is 30.2 Å². The molecule has 0 fully saturated rings. The van der Waals surface area contributed by atoms with E-state index < -0.39 is 10.1 Å². The van der Waals surface area contributed by atoms with E-state index in [2.05, 4.69) is 5.32 Å². The largest absolute Gasteiger partial charge is 0.326 e. The summed E-state index contributed by atoms with van der Waals surface area (Å²) in [5.41, 5.74) is 2.04. The molecule has 0 atom stereocenters. The maximum absolute atomic E-state index is 11.6. The minimum atomic E-state index is -4.36. The van der Waals surface area contributed by atoms with Gasteiger partial charge in [0.2, 0.25) is 5.91 Å². The zero-order chi connectivity index (χ0) is 15.6. The van der Waals surface area contributed by atoms with Crippen LogP contribution in [0.3, 0.4) is 0 Å². The molecule has 0 saturated carbocycles. The summed E-state index contributed by atoms with van der Waals surface area (Å²) in [6.45, 7) is 3.03. The third kappa shape index (κ3) is 3.48. The maximum Gasteiger partial charge on any atom is 0.295 e. The fourth-order valence-electron chi connectivity index (χ4n) is 2.06. The van der Waals surface area contributed by atoms with E-state index in [4.69, 9.17) is 0 Å². The van der Waals surface area contributed by atoms with E-state index in [0.717, 1.165) is 0 Å². The Hall–Kier alpha value is -2.18. The van der Waals surface area contributed by atoms with Gasteiger partial charge in [-0.1, -0.05) is 30.3 Å². The molecule has 0 radical (unpaired) electrons. The Bertz CT molecular complexity index is 783. The number of benzene rings is 2. The zero-order valence-electron chi connectivity index (χ0n) is 11.6. The first-order chi connectivity index (χ1) is 9.79. The lowest BCUT2D eigenvalue weighted by Gasteiger charge is -2.13. The van der Waals surface area contributed by atoms with Gasteiger partial charge in [-0.3, -0.25) is 9.35 Å². The van der Waals surface area contributed by atoms with Crippen LogP contribution in [-0.2, 0) is 14.9 Å². The Kier molecular flexibility index (Phi) is 4.11. The summed E-state index contributed by atoms with van der Waals surface area (Å²) in [5, 5.41) is 2.65. The number of aryl methyl sites for hydroxylation is 1. The average molecular weight is 305 g/mol. The van der Waals surface area contributed by atoms with Gasteiger partial charge < -0.3 is 5.32 Å². The molecule has 2 N–H and O–H groups in total. The molecule has 2 aromatic carbocycles. The van der Waals surface area contributed by atoms with Gasteiger partial charge in [0.15, 0.2) is 0 Å². The molecule has 2 rings (SSSR count). The molecule has 0 aromatic heterocycles. The van der Waals surface area contributed by atoms with E-state index in [9.17, 15) is 17.8 Å². The van der Waals surface area contributed by atoms with Crippen molar-refractivity contribution in [1.29, 1.82) is 0 Å². The van der Waals surface area contributed by atoms with Gasteiger partial charge >= 0.3 is 0 Å². The Labute approximate surface area is 123 Å². The SMILES string of the molecule is CC(=O)Nc1cc(-c2ccccc2)c(S(=O)(=O)O)cc1C. The van der Waals surface area contributed by atoms with Crippen molar-refractivity contribution >= 4 is 21.7 Å². The fraction of sp³-hybridized carbons (Fsp3) is 0.133. The first-order valence-electron chi connectivity index (χ1n) is 6.24. The maximum atomic E-state index is 11.6. The van der Waals surface area contributed by atoms with E-state index in [1.165, 1.54) is 13.0 Å². The van der Waals surface area contributed by atoms with Gasteiger partial charge in [0.05, 0.1) is 0 Å². The molecule has 0 aliphatic carbocycles.